The van der Waals surface area contributed by atoms with Crippen molar-refractivity contribution >= 4 is 23.0 Å². The van der Waals surface area contributed by atoms with Crippen molar-refractivity contribution in [1.29, 1.82) is 0 Å². The zero-order chi connectivity index (χ0) is 17.9. The lowest BCUT2D eigenvalue weighted by Crippen LogP contribution is -2.40. The Bertz CT molecular complexity index is 794. The summed E-state index contributed by atoms with van der Waals surface area (Å²) in [6, 6.07) is 9.35. The molecule has 1 fully saturated rings. The second-order valence-electron chi connectivity index (χ2n) is 6.63. The smallest absolute Gasteiger partial charge is 0.227 e. The van der Waals surface area contributed by atoms with Gasteiger partial charge in [-0.05, 0) is 42.5 Å². The van der Waals surface area contributed by atoms with E-state index in [9.17, 15) is 9.59 Å². The molecule has 2 aromatic rings. The second kappa shape index (κ2) is 7.50. The number of likely N-dealkylation sites (tertiary alicyclic amines) is 1. The summed E-state index contributed by atoms with van der Waals surface area (Å²) >= 11 is 1.61. The zero-order valence-electron chi connectivity index (χ0n) is 14.5. The summed E-state index contributed by atoms with van der Waals surface area (Å²) in [5.41, 5.74) is 0.664. The maximum atomic E-state index is 12.8. The molecule has 0 saturated carbocycles. The van der Waals surface area contributed by atoms with E-state index in [0.29, 0.717) is 62.6 Å². The first-order valence-electron chi connectivity index (χ1n) is 8.95. The number of nitrogens with zero attached hydrogens (tertiary/aromatic N) is 1. The van der Waals surface area contributed by atoms with Crippen molar-refractivity contribution in [1.82, 2.24) is 4.90 Å². The molecule has 0 bridgehead atoms. The fourth-order valence-corrected chi connectivity index (χ4v) is 4.19. The average Bonchev–Trinajstić information content (AvgIpc) is 3.20. The van der Waals surface area contributed by atoms with E-state index in [1.54, 1.807) is 23.5 Å². The van der Waals surface area contributed by atoms with Crippen LogP contribution < -0.4 is 9.47 Å². The van der Waals surface area contributed by atoms with Gasteiger partial charge in [0.2, 0.25) is 5.91 Å². The Morgan fingerprint density at radius 3 is 2.58 bits per heavy atom. The monoisotopic (exact) mass is 371 g/mol. The topological polar surface area (TPSA) is 55.8 Å². The zero-order valence-corrected chi connectivity index (χ0v) is 15.3. The minimum absolute atomic E-state index is 0.0386. The third kappa shape index (κ3) is 3.60. The van der Waals surface area contributed by atoms with Crippen LogP contribution in [0.1, 0.15) is 28.1 Å². The number of benzene rings is 1. The van der Waals surface area contributed by atoms with Crippen molar-refractivity contribution in [3.63, 3.8) is 0 Å². The Hall–Kier alpha value is -2.34. The standard InChI is InChI=1S/C20H21NO4S/c22-19(13-16-2-1-11-26-16)21-7-5-14(6-8-21)20(23)15-3-4-17-18(12-15)25-10-9-24-17/h1-4,11-12,14H,5-10,13H2. The highest BCUT2D eigenvalue weighted by Crippen LogP contribution is 2.32. The SMILES string of the molecule is O=C(c1ccc2c(c1)OCCO2)C1CCN(C(=O)Cc2cccs2)CC1. The number of hydrogen-bond donors (Lipinski definition) is 0. The molecular weight excluding hydrogens is 350 g/mol. The molecule has 1 aromatic carbocycles. The molecule has 2 aliphatic heterocycles. The third-order valence-corrected chi connectivity index (χ3v) is 5.83. The Kier molecular flexibility index (Phi) is 4.93. The van der Waals surface area contributed by atoms with Crippen LogP contribution in [0.4, 0.5) is 0 Å². The average molecular weight is 371 g/mol. The quantitative estimate of drug-likeness (QED) is 0.775. The summed E-state index contributed by atoms with van der Waals surface area (Å²) in [7, 11) is 0. The van der Waals surface area contributed by atoms with Crippen molar-refractivity contribution in [3.8, 4) is 11.5 Å². The number of amides is 1. The Morgan fingerprint density at radius 2 is 1.85 bits per heavy atom. The number of piperidine rings is 1. The van der Waals surface area contributed by atoms with Crippen molar-refractivity contribution < 1.29 is 19.1 Å². The normalized spacial score (nSPS) is 17.2. The Labute approximate surface area is 156 Å². The van der Waals surface area contributed by atoms with Crippen LogP contribution in [0.15, 0.2) is 35.7 Å². The second-order valence-corrected chi connectivity index (χ2v) is 7.67. The summed E-state index contributed by atoms with van der Waals surface area (Å²) in [6.07, 6.45) is 1.88. The molecule has 0 atom stereocenters. The van der Waals surface area contributed by atoms with Crippen LogP contribution in [0.5, 0.6) is 11.5 Å². The van der Waals surface area contributed by atoms with Gasteiger partial charge < -0.3 is 14.4 Å². The summed E-state index contributed by atoms with van der Waals surface area (Å²) in [6.45, 7) is 2.34. The summed E-state index contributed by atoms with van der Waals surface area (Å²) in [4.78, 5) is 28.2. The van der Waals surface area contributed by atoms with Crippen molar-refractivity contribution in [3.05, 3.63) is 46.2 Å². The summed E-state index contributed by atoms with van der Waals surface area (Å²) < 4.78 is 11.1. The lowest BCUT2D eigenvalue weighted by molar-refractivity contribution is -0.131. The number of carbonyl (C=O) groups excluding carboxylic acids is 2. The molecule has 5 nitrogen and oxygen atoms in total. The van der Waals surface area contributed by atoms with Gasteiger partial charge in [-0.25, -0.2) is 0 Å². The fourth-order valence-electron chi connectivity index (χ4n) is 3.50. The number of ketones is 1. The van der Waals surface area contributed by atoms with Crippen molar-refractivity contribution in [2.45, 2.75) is 19.3 Å². The Morgan fingerprint density at radius 1 is 1.08 bits per heavy atom. The highest BCUT2D eigenvalue weighted by Gasteiger charge is 2.28. The molecule has 6 heteroatoms. The first kappa shape index (κ1) is 17.1. The summed E-state index contributed by atoms with van der Waals surface area (Å²) in [5.74, 6) is 1.58. The van der Waals surface area contributed by atoms with Gasteiger partial charge in [0, 0.05) is 29.4 Å². The van der Waals surface area contributed by atoms with E-state index in [0.717, 1.165) is 4.88 Å². The predicted molar refractivity (Wildman–Crippen MR) is 99.1 cm³/mol. The van der Waals surface area contributed by atoms with Gasteiger partial charge in [0.15, 0.2) is 17.3 Å². The predicted octanol–water partition coefficient (Wildman–Crippen LogP) is 3.18. The van der Waals surface area contributed by atoms with E-state index in [1.165, 1.54) is 0 Å². The molecule has 136 valence electrons. The fraction of sp³-hybridized carbons (Fsp3) is 0.400. The molecule has 4 rings (SSSR count). The van der Waals surface area contributed by atoms with Gasteiger partial charge in [-0.3, -0.25) is 9.59 Å². The number of thiophene rings is 1. The van der Waals surface area contributed by atoms with Crippen LogP contribution in [0.3, 0.4) is 0 Å². The first-order valence-corrected chi connectivity index (χ1v) is 9.83. The molecule has 2 aliphatic rings. The number of fused-ring (bicyclic) bond motifs is 1. The lowest BCUT2D eigenvalue weighted by Gasteiger charge is -2.31. The van der Waals surface area contributed by atoms with E-state index >= 15 is 0 Å². The minimum atomic E-state index is -0.0386. The van der Waals surface area contributed by atoms with Gasteiger partial charge in [0.1, 0.15) is 13.2 Å². The van der Waals surface area contributed by atoms with Gasteiger partial charge in [-0.2, -0.15) is 0 Å². The Balaban J connectivity index is 1.35. The van der Waals surface area contributed by atoms with Gasteiger partial charge in [0.25, 0.3) is 0 Å². The molecule has 1 saturated heterocycles. The van der Waals surface area contributed by atoms with Gasteiger partial charge >= 0.3 is 0 Å². The van der Waals surface area contributed by atoms with Crippen LogP contribution in [0, 0.1) is 5.92 Å². The van der Waals surface area contributed by atoms with E-state index in [2.05, 4.69) is 0 Å². The molecule has 1 aromatic heterocycles. The number of Topliss-reactive ketones (excluding diaryl/α,β-unsaturated/α-hetero) is 1. The highest BCUT2D eigenvalue weighted by atomic mass is 32.1. The molecule has 0 unspecified atom stereocenters. The van der Waals surface area contributed by atoms with E-state index in [4.69, 9.17) is 9.47 Å². The number of hydrogen-bond acceptors (Lipinski definition) is 5. The van der Waals surface area contributed by atoms with Crippen LogP contribution >= 0.6 is 11.3 Å². The molecule has 0 aliphatic carbocycles. The number of carbonyl (C=O) groups is 2. The van der Waals surface area contributed by atoms with Crippen molar-refractivity contribution in [2.75, 3.05) is 26.3 Å². The van der Waals surface area contributed by atoms with Crippen LogP contribution in [-0.2, 0) is 11.2 Å². The van der Waals surface area contributed by atoms with E-state index in [-0.39, 0.29) is 17.6 Å². The van der Waals surface area contributed by atoms with E-state index in [1.807, 2.05) is 28.5 Å². The van der Waals surface area contributed by atoms with Crippen LogP contribution in [0.25, 0.3) is 0 Å². The third-order valence-electron chi connectivity index (χ3n) is 4.95. The van der Waals surface area contributed by atoms with Gasteiger partial charge in [-0.1, -0.05) is 6.07 Å². The van der Waals surface area contributed by atoms with Crippen LogP contribution in [-0.4, -0.2) is 42.9 Å². The van der Waals surface area contributed by atoms with Crippen molar-refractivity contribution in [2.24, 2.45) is 5.92 Å². The molecule has 1 amide bonds. The maximum Gasteiger partial charge on any atom is 0.227 e. The number of rotatable bonds is 4. The molecule has 0 radical (unpaired) electrons. The number of ether oxygens (including phenoxy) is 2. The molecular formula is C20H21NO4S. The first-order chi connectivity index (χ1) is 12.7. The van der Waals surface area contributed by atoms with Gasteiger partial charge in [-0.15, -0.1) is 11.3 Å². The largest absolute Gasteiger partial charge is 0.486 e. The molecule has 0 N–H and O–H groups in total. The molecule has 3 heterocycles. The summed E-state index contributed by atoms with van der Waals surface area (Å²) in [5, 5.41) is 1.99. The highest BCUT2D eigenvalue weighted by molar-refractivity contribution is 7.10. The maximum absolute atomic E-state index is 12.8. The minimum Gasteiger partial charge on any atom is -0.486 e. The molecule has 26 heavy (non-hydrogen) atoms. The van der Waals surface area contributed by atoms with Crippen LogP contribution in [0.2, 0.25) is 0 Å². The lowest BCUT2D eigenvalue weighted by atomic mass is 9.88. The molecule has 0 spiro atoms. The van der Waals surface area contributed by atoms with E-state index < -0.39 is 0 Å². The van der Waals surface area contributed by atoms with Gasteiger partial charge in [0.05, 0.1) is 6.42 Å².